The Morgan fingerprint density at radius 2 is 1.93 bits per heavy atom. The van der Waals surface area contributed by atoms with Crippen molar-refractivity contribution in [1.29, 1.82) is 0 Å². The standard InChI is InChI=1S/C9H17NO2.ClH.H3N/c1-8(2)9(11)12-7-5-6-10(3)4;;/h1,5-7H2,2-4H3;1H;1H3. The third-order valence-corrected chi connectivity index (χ3v) is 1.33. The second-order valence-electron chi connectivity index (χ2n) is 3.07. The first-order valence-electron chi connectivity index (χ1n) is 4.01. The third kappa shape index (κ3) is 11.4. The zero-order valence-electron chi connectivity index (χ0n) is 9.21. The molecule has 0 saturated carbocycles. The molecular formula is C9H21ClN2O2. The molecule has 0 bridgehead atoms. The number of nitrogens with zero attached hydrogens (tertiary/aromatic N) is 1. The van der Waals surface area contributed by atoms with Crippen LogP contribution in [0.4, 0.5) is 0 Å². The Morgan fingerprint density at radius 1 is 1.43 bits per heavy atom. The summed E-state index contributed by atoms with van der Waals surface area (Å²) in [7, 11) is 3.97. The van der Waals surface area contributed by atoms with E-state index in [2.05, 4.69) is 11.5 Å². The minimum atomic E-state index is -0.297. The van der Waals surface area contributed by atoms with Gasteiger partial charge in [0.05, 0.1) is 6.61 Å². The molecular weight excluding hydrogens is 204 g/mol. The van der Waals surface area contributed by atoms with Crippen LogP contribution in [-0.4, -0.2) is 38.1 Å². The number of esters is 1. The van der Waals surface area contributed by atoms with E-state index >= 15 is 0 Å². The molecule has 0 aromatic heterocycles. The van der Waals surface area contributed by atoms with Gasteiger partial charge in [-0.1, -0.05) is 6.58 Å². The molecule has 0 rings (SSSR count). The van der Waals surface area contributed by atoms with Gasteiger partial charge in [0, 0.05) is 12.1 Å². The SMILES string of the molecule is C=C(C)C(=O)OCCCN(C)C.Cl.N. The number of carbonyl (C=O) groups is 1. The van der Waals surface area contributed by atoms with Gasteiger partial charge in [-0.3, -0.25) is 0 Å². The Bertz CT molecular complexity index is 172. The highest BCUT2D eigenvalue weighted by molar-refractivity contribution is 5.86. The van der Waals surface area contributed by atoms with Crippen molar-refractivity contribution >= 4 is 18.4 Å². The van der Waals surface area contributed by atoms with E-state index in [4.69, 9.17) is 4.74 Å². The Morgan fingerprint density at radius 3 is 2.29 bits per heavy atom. The van der Waals surface area contributed by atoms with Crippen LogP contribution in [0.2, 0.25) is 0 Å². The molecule has 0 aliphatic heterocycles. The molecule has 0 fully saturated rings. The van der Waals surface area contributed by atoms with Gasteiger partial charge in [-0.2, -0.15) is 0 Å². The summed E-state index contributed by atoms with van der Waals surface area (Å²) in [6.07, 6.45) is 0.867. The quantitative estimate of drug-likeness (QED) is 0.438. The van der Waals surface area contributed by atoms with Gasteiger partial charge in [0.15, 0.2) is 0 Å². The first-order valence-corrected chi connectivity index (χ1v) is 4.01. The molecule has 0 aliphatic rings. The van der Waals surface area contributed by atoms with E-state index in [0.29, 0.717) is 12.2 Å². The molecule has 0 aromatic rings. The molecule has 0 radical (unpaired) electrons. The smallest absolute Gasteiger partial charge is 0.333 e. The van der Waals surface area contributed by atoms with Gasteiger partial charge in [-0.05, 0) is 27.4 Å². The van der Waals surface area contributed by atoms with Gasteiger partial charge in [-0.25, -0.2) is 4.79 Å². The predicted octanol–water partition coefficient (Wildman–Crippen LogP) is 1.64. The predicted molar refractivity (Wildman–Crippen MR) is 61.2 cm³/mol. The highest BCUT2D eigenvalue weighted by Crippen LogP contribution is 1.93. The lowest BCUT2D eigenvalue weighted by atomic mass is 10.3. The molecule has 14 heavy (non-hydrogen) atoms. The van der Waals surface area contributed by atoms with Crippen molar-refractivity contribution < 1.29 is 9.53 Å². The van der Waals surface area contributed by atoms with Gasteiger partial charge in [0.25, 0.3) is 0 Å². The summed E-state index contributed by atoms with van der Waals surface area (Å²) in [5, 5.41) is 0. The molecule has 0 atom stereocenters. The fraction of sp³-hybridized carbons (Fsp3) is 0.667. The Kier molecular flexibility index (Phi) is 14.3. The zero-order valence-corrected chi connectivity index (χ0v) is 10.0. The number of hydrogen-bond acceptors (Lipinski definition) is 4. The van der Waals surface area contributed by atoms with E-state index in [1.165, 1.54) is 0 Å². The average Bonchev–Trinajstić information content (AvgIpc) is 1.97. The number of carbonyl (C=O) groups excluding carboxylic acids is 1. The van der Waals surface area contributed by atoms with Crippen LogP contribution in [0.3, 0.4) is 0 Å². The van der Waals surface area contributed by atoms with E-state index in [0.717, 1.165) is 13.0 Å². The normalized spacial score (nSPS) is 8.57. The van der Waals surface area contributed by atoms with Gasteiger partial charge >= 0.3 is 5.97 Å². The highest BCUT2D eigenvalue weighted by Gasteiger charge is 2.01. The Balaban J connectivity index is -0.000000605. The second-order valence-corrected chi connectivity index (χ2v) is 3.07. The van der Waals surface area contributed by atoms with E-state index in [9.17, 15) is 4.79 Å². The van der Waals surface area contributed by atoms with E-state index in [-0.39, 0.29) is 24.5 Å². The number of ether oxygens (including phenoxy) is 1. The molecule has 5 heteroatoms. The summed E-state index contributed by atoms with van der Waals surface area (Å²) < 4.78 is 4.89. The largest absolute Gasteiger partial charge is 0.462 e. The summed E-state index contributed by atoms with van der Waals surface area (Å²) in [5.74, 6) is -0.297. The summed E-state index contributed by atoms with van der Waals surface area (Å²) in [5.41, 5.74) is 0.458. The van der Waals surface area contributed by atoms with Crippen molar-refractivity contribution in [3.8, 4) is 0 Å². The molecule has 4 nitrogen and oxygen atoms in total. The molecule has 0 aromatic carbocycles. The minimum Gasteiger partial charge on any atom is -0.462 e. The monoisotopic (exact) mass is 224 g/mol. The van der Waals surface area contributed by atoms with Crippen LogP contribution in [0.15, 0.2) is 12.2 Å². The Labute approximate surface area is 92.3 Å². The fourth-order valence-electron chi connectivity index (χ4n) is 0.669. The molecule has 0 aliphatic carbocycles. The molecule has 3 N–H and O–H groups in total. The van der Waals surface area contributed by atoms with Crippen molar-refractivity contribution in [3.63, 3.8) is 0 Å². The van der Waals surface area contributed by atoms with Crippen LogP contribution in [0.1, 0.15) is 13.3 Å². The molecule has 0 amide bonds. The fourth-order valence-corrected chi connectivity index (χ4v) is 0.669. The van der Waals surface area contributed by atoms with Crippen LogP contribution >= 0.6 is 12.4 Å². The average molecular weight is 225 g/mol. The van der Waals surface area contributed by atoms with Crippen molar-refractivity contribution in [1.82, 2.24) is 11.1 Å². The minimum absolute atomic E-state index is 0. The van der Waals surface area contributed by atoms with E-state index in [1.807, 2.05) is 14.1 Å². The maximum absolute atomic E-state index is 10.9. The van der Waals surface area contributed by atoms with Crippen LogP contribution in [0.5, 0.6) is 0 Å². The Hall–Kier alpha value is -0.580. The topological polar surface area (TPSA) is 64.5 Å². The summed E-state index contributed by atoms with van der Waals surface area (Å²) in [6, 6.07) is 0. The second kappa shape index (κ2) is 10.5. The number of hydrogen-bond donors (Lipinski definition) is 1. The van der Waals surface area contributed by atoms with Crippen molar-refractivity contribution in [2.45, 2.75) is 13.3 Å². The first-order chi connectivity index (χ1) is 5.54. The van der Waals surface area contributed by atoms with Gasteiger partial charge < -0.3 is 15.8 Å². The van der Waals surface area contributed by atoms with E-state index < -0.39 is 0 Å². The molecule has 0 heterocycles. The number of rotatable bonds is 5. The van der Waals surface area contributed by atoms with Gasteiger partial charge in [0.2, 0.25) is 0 Å². The summed E-state index contributed by atoms with van der Waals surface area (Å²) in [4.78, 5) is 12.9. The molecule has 86 valence electrons. The summed E-state index contributed by atoms with van der Waals surface area (Å²) in [6.45, 7) is 6.54. The molecule has 0 spiro atoms. The summed E-state index contributed by atoms with van der Waals surface area (Å²) >= 11 is 0. The lowest BCUT2D eigenvalue weighted by Crippen LogP contribution is -2.16. The maximum atomic E-state index is 10.9. The molecule has 0 unspecified atom stereocenters. The number of halogens is 1. The van der Waals surface area contributed by atoms with Gasteiger partial charge in [-0.15, -0.1) is 12.4 Å². The van der Waals surface area contributed by atoms with Crippen LogP contribution in [-0.2, 0) is 9.53 Å². The van der Waals surface area contributed by atoms with E-state index in [1.54, 1.807) is 6.92 Å². The first kappa shape index (κ1) is 19.1. The van der Waals surface area contributed by atoms with Crippen LogP contribution in [0, 0.1) is 0 Å². The molecule has 0 saturated heterocycles. The van der Waals surface area contributed by atoms with Crippen molar-refractivity contribution in [3.05, 3.63) is 12.2 Å². The lowest BCUT2D eigenvalue weighted by Gasteiger charge is -2.09. The van der Waals surface area contributed by atoms with Crippen molar-refractivity contribution in [2.24, 2.45) is 0 Å². The van der Waals surface area contributed by atoms with Crippen molar-refractivity contribution in [2.75, 3.05) is 27.2 Å². The third-order valence-electron chi connectivity index (χ3n) is 1.33. The lowest BCUT2D eigenvalue weighted by molar-refractivity contribution is -0.139. The highest BCUT2D eigenvalue weighted by atomic mass is 35.5. The van der Waals surface area contributed by atoms with Crippen LogP contribution < -0.4 is 6.15 Å². The maximum Gasteiger partial charge on any atom is 0.333 e. The van der Waals surface area contributed by atoms with Gasteiger partial charge in [0.1, 0.15) is 0 Å². The van der Waals surface area contributed by atoms with Crippen LogP contribution in [0.25, 0.3) is 0 Å². The zero-order chi connectivity index (χ0) is 9.56.